The SMILES string of the molecule is CC(C)(Sc1nc(CCNc2ccc(Br)cn2)cs1)C(=O)O. The molecule has 22 heavy (non-hydrogen) atoms. The van der Waals surface area contributed by atoms with Gasteiger partial charge in [0.1, 0.15) is 10.6 Å². The number of pyridine rings is 1. The number of hydrogen-bond donors (Lipinski definition) is 2. The summed E-state index contributed by atoms with van der Waals surface area (Å²) in [4.78, 5) is 19.8. The number of halogens is 1. The van der Waals surface area contributed by atoms with E-state index in [0.29, 0.717) is 0 Å². The van der Waals surface area contributed by atoms with Crippen molar-refractivity contribution in [3.8, 4) is 0 Å². The van der Waals surface area contributed by atoms with Crippen LogP contribution in [0.1, 0.15) is 19.5 Å². The van der Waals surface area contributed by atoms with Gasteiger partial charge in [-0.1, -0.05) is 11.8 Å². The average molecular weight is 402 g/mol. The lowest BCUT2D eigenvalue weighted by Crippen LogP contribution is -2.26. The van der Waals surface area contributed by atoms with Gasteiger partial charge in [-0.2, -0.15) is 0 Å². The molecule has 0 aliphatic carbocycles. The van der Waals surface area contributed by atoms with Crippen LogP contribution in [0.25, 0.3) is 0 Å². The molecule has 0 spiro atoms. The molecule has 2 N–H and O–H groups in total. The van der Waals surface area contributed by atoms with Crippen LogP contribution in [0.5, 0.6) is 0 Å². The zero-order valence-electron chi connectivity index (χ0n) is 12.2. The fourth-order valence-corrected chi connectivity index (χ4v) is 3.97. The molecule has 0 amide bonds. The molecule has 0 saturated heterocycles. The lowest BCUT2D eigenvalue weighted by Gasteiger charge is -2.15. The van der Waals surface area contributed by atoms with Gasteiger partial charge < -0.3 is 10.4 Å². The summed E-state index contributed by atoms with van der Waals surface area (Å²) in [5.41, 5.74) is 0.957. The van der Waals surface area contributed by atoms with Gasteiger partial charge >= 0.3 is 5.97 Å². The Bertz CT molecular complexity index is 644. The summed E-state index contributed by atoms with van der Waals surface area (Å²) in [6.07, 6.45) is 2.51. The van der Waals surface area contributed by atoms with Crippen LogP contribution in [0.4, 0.5) is 5.82 Å². The number of nitrogens with zero attached hydrogens (tertiary/aromatic N) is 2. The Morgan fingerprint density at radius 2 is 2.27 bits per heavy atom. The average Bonchev–Trinajstić information content (AvgIpc) is 2.87. The maximum atomic E-state index is 11.1. The summed E-state index contributed by atoms with van der Waals surface area (Å²) in [5, 5.41) is 14.3. The van der Waals surface area contributed by atoms with Gasteiger partial charge in [0.05, 0.1) is 5.69 Å². The lowest BCUT2D eigenvalue weighted by molar-refractivity contribution is -0.138. The molecule has 5 nitrogen and oxygen atoms in total. The molecule has 0 fully saturated rings. The van der Waals surface area contributed by atoms with Gasteiger partial charge in [0.2, 0.25) is 0 Å². The second-order valence-electron chi connectivity index (χ2n) is 5.06. The highest BCUT2D eigenvalue weighted by Gasteiger charge is 2.29. The first kappa shape index (κ1) is 17.2. The van der Waals surface area contributed by atoms with Gasteiger partial charge in [0.15, 0.2) is 4.34 Å². The van der Waals surface area contributed by atoms with Gasteiger partial charge in [-0.3, -0.25) is 4.79 Å². The molecule has 0 aliphatic heterocycles. The highest BCUT2D eigenvalue weighted by Crippen LogP contribution is 2.34. The van der Waals surface area contributed by atoms with Crippen LogP contribution in [0.3, 0.4) is 0 Å². The number of hydrogen-bond acceptors (Lipinski definition) is 6. The normalized spacial score (nSPS) is 11.4. The fraction of sp³-hybridized carbons (Fsp3) is 0.357. The molecule has 0 aromatic carbocycles. The van der Waals surface area contributed by atoms with E-state index in [4.69, 9.17) is 5.11 Å². The van der Waals surface area contributed by atoms with E-state index in [9.17, 15) is 4.79 Å². The summed E-state index contributed by atoms with van der Waals surface area (Å²) in [6.45, 7) is 4.09. The predicted octanol–water partition coefficient (Wildman–Crippen LogP) is 3.91. The second-order valence-corrected chi connectivity index (χ2v) is 8.70. The first-order valence-electron chi connectivity index (χ1n) is 6.59. The Hall–Kier alpha value is -1.12. The van der Waals surface area contributed by atoms with Crippen molar-refractivity contribution in [1.29, 1.82) is 0 Å². The van der Waals surface area contributed by atoms with Crippen molar-refractivity contribution in [3.05, 3.63) is 33.9 Å². The van der Waals surface area contributed by atoms with Crippen LogP contribution in [-0.2, 0) is 11.2 Å². The van der Waals surface area contributed by atoms with Crippen molar-refractivity contribution >= 4 is 50.8 Å². The number of rotatable bonds is 7. The smallest absolute Gasteiger partial charge is 0.319 e. The van der Waals surface area contributed by atoms with E-state index >= 15 is 0 Å². The third-order valence-electron chi connectivity index (χ3n) is 2.80. The molecule has 0 radical (unpaired) electrons. The predicted molar refractivity (Wildman–Crippen MR) is 93.8 cm³/mol. The highest BCUT2D eigenvalue weighted by molar-refractivity contribution is 9.10. The van der Waals surface area contributed by atoms with Gasteiger partial charge in [-0.25, -0.2) is 9.97 Å². The molecule has 0 bridgehead atoms. The maximum Gasteiger partial charge on any atom is 0.319 e. The van der Waals surface area contributed by atoms with Crippen LogP contribution in [0.15, 0.2) is 32.5 Å². The molecule has 0 aliphatic rings. The Kier molecular flexibility index (Phi) is 5.82. The molecular weight excluding hydrogens is 386 g/mol. The Morgan fingerprint density at radius 3 is 2.91 bits per heavy atom. The number of aromatic nitrogens is 2. The summed E-state index contributed by atoms with van der Waals surface area (Å²) in [7, 11) is 0. The van der Waals surface area contributed by atoms with E-state index in [-0.39, 0.29) is 0 Å². The van der Waals surface area contributed by atoms with Crippen molar-refractivity contribution in [2.45, 2.75) is 29.4 Å². The summed E-state index contributed by atoms with van der Waals surface area (Å²) < 4.78 is 0.860. The molecule has 8 heteroatoms. The number of carboxylic acid groups (broad SMARTS) is 1. The summed E-state index contributed by atoms with van der Waals surface area (Å²) >= 11 is 6.10. The van der Waals surface area contributed by atoms with Gasteiger partial charge in [0, 0.05) is 29.0 Å². The van der Waals surface area contributed by atoms with Crippen molar-refractivity contribution in [3.63, 3.8) is 0 Å². The zero-order chi connectivity index (χ0) is 16.2. The molecule has 2 aromatic rings. The van der Waals surface area contributed by atoms with Crippen molar-refractivity contribution < 1.29 is 9.90 Å². The summed E-state index contributed by atoms with van der Waals surface area (Å²) in [5.74, 6) is -0.0164. The molecule has 2 rings (SSSR count). The minimum absolute atomic E-state index is 0.727. The van der Waals surface area contributed by atoms with Crippen molar-refractivity contribution in [2.75, 3.05) is 11.9 Å². The van der Waals surface area contributed by atoms with Crippen molar-refractivity contribution in [1.82, 2.24) is 9.97 Å². The second kappa shape index (κ2) is 7.43. The van der Waals surface area contributed by atoms with E-state index < -0.39 is 10.7 Å². The van der Waals surface area contributed by atoms with Gasteiger partial charge in [0.25, 0.3) is 0 Å². The largest absolute Gasteiger partial charge is 0.480 e. The van der Waals surface area contributed by atoms with Crippen LogP contribution < -0.4 is 5.32 Å². The zero-order valence-corrected chi connectivity index (χ0v) is 15.4. The van der Waals surface area contributed by atoms with E-state index in [1.165, 1.54) is 23.1 Å². The number of anilines is 1. The molecule has 118 valence electrons. The topological polar surface area (TPSA) is 75.1 Å². The van der Waals surface area contributed by atoms with Gasteiger partial charge in [-0.15, -0.1) is 11.3 Å². The highest BCUT2D eigenvalue weighted by atomic mass is 79.9. The molecular formula is C14H16BrN3O2S2. The van der Waals surface area contributed by atoms with E-state index in [0.717, 1.165) is 33.3 Å². The van der Waals surface area contributed by atoms with Gasteiger partial charge in [-0.05, 0) is 41.9 Å². The third-order valence-corrected chi connectivity index (χ3v) is 5.44. The maximum absolute atomic E-state index is 11.1. The number of nitrogens with one attached hydrogen (secondary N) is 1. The Labute approximate surface area is 145 Å². The summed E-state index contributed by atoms with van der Waals surface area (Å²) in [6, 6.07) is 3.84. The minimum Gasteiger partial charge on any atom is -0.480 e. The monoisotopic (exact) mass is 401 g/mol. The standard InChI is InChI=1S/C14H16BrN3O2S2/c1-14(2,12(19)20)22-13-18-10(8-21-13)5-6-16-11-4-3-9(15)7-17-11/h3-4,7-8H,5-6H2,1-2H3,(H,16,17)(H,19,20). The quantitative estimate of drug-likeness (QED) is 0.684. The number of carbonyl (C=O) groups is 1. The number of carboxylic acids is 1. The number of aliphatic carboxylic acids is 1. The molecule has 2 aromatic heterocycles. The molecule has 2 heterocycles. The van der Waals surface area contributed by atoms with Crippen molar-refractivity contribution in [2.24, 2.45) is 0 Å². The van der Waals surface area contributed by atoms with Crippen LogP contribution in [0, 0.1) is 0 Å². The third kappa shape index (κ3) is 4.96. The first-order valence-corrected chi connectivity index (χ1v) is 9.08. The lowest BCUT2D eigenvalue weighted by atomic mass is 10.2. The van der Waals surface area contributed by atoms with E-state index in [1.807, 2.05) is 17.5 Å². The molecule has 0 saturated carbocycles. The van der Waals surface area contributed by atoms with Crippen LogP contribution in [-0.4, -0.2) is 32.3 Å². The van der Waals surface area contributed by atoms with E-state index in [1.54, 1.807) is 20.0 Å². The number of thioether (sulfide) groups is 1. The van der Waals surface area contributed by atoms with Crippen LogP contribution in [0.2, 0.25) is 0 Å². The Balaban J connectivity index is 1.84. The minimum atomic E-state index is -0.866. The van der Waals surface area contributed by atoms with Crippen LogP contribution >= 0.6 is 39.0 Å². The molecule has 0 unspecified atom stereocenters. The Morgan fingerprint density at radius 1 is 1.50 bits per heavy atom. The number of thiazole rings is 1. The van der Waals surface area contributed by atoms with E-state index in [2.05, 4.69) is 31.2 Å². The molecule has 0 atom stereocenters. The first-order chi connectivity index (χ1) is 10.4. The fourth-order valence-electron chi connectivity index (χ4n) is 1.51.